The van der Waals surface area contributed by atoms with Crippen LogP contribution in [0.3, 0.4) is 0 Å². The van der Waals surface area contributed by atoms with Crippen molar-refractivity contribution in [2.24, 2.45) is 0 Å². The van der Waals surface area contributed by atoms with E-state index in [2.05, 4.69) is 0 Å². The third-order valence-electron chi connectivity index (χ3n) is 3.93. The lowest BCUT2D eigenvalue weighted by molar-refractivity contribution is 0.327. The van der Waals surface area contributed by atoms with Crippen LogP contribution < -0.4 is 18.9 Å². The topological polar surface area (TPSA) is 57.2 Å². The Hall–Kier alpha value is -2.82. The summed E-state index contributed by atoms with van der Waals surface area (Å²) in [6.45, 7) is 0. The summed E-state index contributed by atoms with van der Waals surface area (Å²) in [4.78, 5) is 0. The molecule has 0 aliphatic heterocycles. The van der Waals surface area contributed by atoms with Crippen LogP contribution in [-0.2, 0) is 0 Å². The number of ether oxygens (including phenoxy) is 4. The molecule has 3 rings (SSSR count). The van der Waals surface area contributed by atoms with Crippen molar-refractivity contribution >= 4 is 21.5 Å². The van der Waals surface area contributed by atoms with E-state index < -0.39 is 0 Å². The van der Waals surface area contributed by atoms with Crippen molar-refractivity contribution in [1.82, 2.24) is 0 Å². The third-order valence-corrected chi connectivity index (χ3v) is 3.93. The highest BCUT2D eigenvalue weighted by Gasteiger charge is 2.20. The van der Waals surface area contributed by atoms with Gasteiger partial charge in [-0.05, 0) is 41.1 Å². The van der Waals surface area contributed by atoms with Gasteiger partial charge in [0, 0.05) is 10.8 Å². The van der Waals surface area contributed by atoms with Gasteiger partial charge in [0.25, 0.3) is 0 Å². The number of fused-ring (bicyclic) bond motifs is 3. The summed E-state index contributed by atoms with van der Waals surface area (Å²) < 4.78 is 21.6. The van der Waals surface area contributed by atoms with Gasteiger partial charge in [0.05, 0.1) is 28.4 Å². The first-order valence-electron chi connectivity index (χ1n) is 7.07. The normalized spacial score (nSPS) is 10.8. The summed E-state index contributed by atoms with van der Waals surface area (Å²) in [6, 6.07) is 9.12. The van der Waals surface area contributed by atoms with Crippen molar-refractivity contribution in [3.63, 3.8) is 0 Å². The van der Waals surface area contributed by atoms with Crippen molar-refractivity contribution in [2.75, 3.05) is 28.4 Å². The number of benzene rings is 3. The Balaban J connectivity index is 2.53. The third kappa shape index (κ3) is 2.25. The number of hydrogen-bond acceptors (Lipinski definition) is 5. The fourth-order valence-electron chi connectivity index (χ4n) is 2.87. The predicted molar refractivity (Wildman–Crippen MR) is 89.3 cm³/mol. The van der Waals surface area contributed by atoms with Gasteiger partial charge in [-0.3, -0.25) is 0 Å². The minimum atomic E-state index is 0.139. The predicted octanol–water partition coefficient (Wildman–Crippen LogP) is 3.73. The van der Waals surface area contributed by atoms with Crippen LogP contribution in [-0.4, -0.2) is 33.5 Å². The van der Waals surface area contributed by atoms with Gasteiger partial charge >= 0.3 is 0 Å². The van der Waals surface area contributed by atoms with Crippen molar-refractivity contribution in [3.8, 4) is 28.7 Å². The Bertz CT molecular complexity index is 886. The molecule has 0 spiro atoms. The van der Waals surface area contributed by atoms with E-state index in [9.17, 15) is 5.11 Å². The molecule has 0 radical (unpaired) electrons. The fourth-order valence-corrected chi connectivity index (χ4v) is 2.87. The summed E-state index contributed by atoms with van der Waals surface area (Å²) in [5.74, 6) is 2.37. The molecule has 0 atom stereocenters. The van der Waals surface area contributed by atoms with Crippen LogP contribution in [0.2, 0.25) is 0 Å². The maximum atomic E-state index is 10.4. The van der Waals surface area contributed by atoms with Crippen LogP contribution in [0.15, 0.2) is 30.3 Å². The maximum Gasteiger partial charge on any atom is 0.203 e. The summed E-state index contributed by atoms with van der Waals surface area (Å²) in [5.41, 5.74) is 0. The van der Waals surface area contributed by atoms with Crippen molar-refractivity contribution in [1.29, 1.82) is 0 Å². The van der Waals surface area contributed by atoms with Crippen molar-refractivity contribution in [2.45, 2.75) is 0 Å². The minimum Gasteiger partial charge on any atom is -0.507 e. The van der Waals surface area contributed by atoms with E-state index >= 15 is 0 Å². The molecule has 5 heteroatoms. The zero-order valence-corrected chi connectivity index (χ0v) is 13.5. The molecule has 0 aliphatic rings. The Morgan fingerprint density at radius 2 is 1.48 bits per heavy atom. The smallest absolute Gasteiger partial charge is 0.203 e. The van der Waals surface area contributed by atoms with Crippen LogP contribution in [0.25, 0.3) is 21.5 Å². The molecule has 120 valence electrons. The first-order chi connectivity index (χ1) is 11.1. The lowest BCUT2D eigenvalue weighted by atomic mass is 9.99. The standard InChI is InChI=1S/C18H18O5/c1-20-11-5-6-12-10(7-11)8-14(19)13-9-15(21-2)17(22-3)18(23-4)16(12)13/h5-9,19H,1-4H3. The summed E-state index contributed by atoms with van der Waals surface area (Å²) in [6.07, 6.45) is 0. The molecule has 3 aromatic rings. The highest BCUT2D eigenvalue weighted by molar-refractivity contribution is 6.15. The number of aromatic hydroxyl groups is 1. The molecule has 1 N–H and O–H groups in total. The van der Waals surface area contributed by atoms with Crippen molar-refractivity contribution < 1.29 is 24.1 Å². The van der Waals surface area contributed by atoms with Gasteiger partial charge in [0.15, 0.2) is 11.5 Å². The first-order valence-corrected chi connectivity index (χ1v) is 7.07. The number of phenols is 1. The largest absolute Gasteiger partial charge is 0.507 e. The first kappa shape index (κ1) is 15.1. The molecule has 23 heavy (non-hydrogen) atoms. The summed E-state index contributed by atoms with van der Waals surface area (Å²) >= 11 is 0. The summed E-state index contributed by atoms with van der Waals surface area (Å²) in [7, 11) is 6.28. The molecule has 0 heterocycles. The summed E-state index contributed by atoms with van der Waals surface area (Å²) in [5, 5.41) is 13.6. The Morgan fingerprint density at radius 1 is 0.739 bits per heavy atom. The second-order valence-corrected chi connectivity index (χ2v) is 5.05. The molecule has 0 aromatic heterocycles. The molecule has 0 bridgehead atoms. The number of hydrogen-bond donors (Lipinski definition) is 1. The van der Waals surface area contributed by atoms with Gasteiger partial charge in [0.2, 0.25) is 5.75 Å². The molecule has 3 aromatic carbocycles. The van der Waals surface area contributed by atoms with Gasteiger partial charge in [-0.15, -0.1) is 0 Å². The number of phenolic OH excluding ortho intramolecular Hbond substituents is 1. The van der Waals surface area contributed by atoms with E-state index in [0.717, 1.165) is 21.9 Å². The Morgan fingerprint density at radius 3 is 2.09 bits per heavy atom. The fraction of sp³-hybridized carbons (Fsp3) is 0.222. The van der Waals surface area contributed by atoms with Crippen LogP contribution in [0.1, 0.15) is 0 Å². The van der Waals surface area contributed by atoms with Crippen LogP contribution in [0.5, 0.6) is 28.7 Å². The van der Waals surface area contributed by atoms with E-state index in [1.165, 1.54) is 0 Å². The minimum absolute atomic E-state index is 0.139. The molecular formula is C18H18O5. The van der Waals surface area contributed by atoms with E-state index in [4.69, 9.17) is 18.9 Å². The molecule has 0 saturated carbocycles. The highest BCUT2D eigenvalue weighted by atomic mass is 16.5. The van der Waals surface area contributed by atoms with E-state index in [-0.39, 0.29) is 5.75 Å². The second kappa shape index (κ2) is 5.76. The van der Waals surface area contributed by atoms with Gasteiger partial charge in [-0.2, -0.15) is 0 Å². The van der Waals surface area contributed by atoms with Crippen molar-refractivity contribution in [3.05, 3.63) is 30.3 Å². The lowest BCUT2D eigenvalue weighted by Crippen LogP contribution is -1.96. The van der Waals surface area contributed by atoms with E-state index in [0.29, 0.717) is 22.6 Å². The lowest BCUT2D eigenvalue weighted by Gasteiger charge is -2.17. The molecule has 0 aliphatic carbocycles. The SMILES string of the molecule is COc1ccc2c(c1)cc(O)c1cc(OC)c(OC)c(OC)c12. The Labute approximate surface area is 134 Å². The van der Waals surface area contributed by atoms with Crippen LogP contribution >= 0.6 is 0 Å². The van der Waals surface area contributed by atoms with Gasteiger partial charge in [-0.25, -0.2) is 0 Å². The van der Waals surface area contributed by atoms with Gasteiger partial charge in [0.1, 0.15) is 11.5 Å². The van der Waals surface area contributed by atoms with E-state index in [1.807, 2.05) is 18.2 Å². The molecule has 0 unspecified atom stereocenters. The average molecular weight is 314 g/mol. The zero-order valence-electron chi connectivity index (χ0n) is 13.5. The molecular weight excluding hydrogens is 296 g/mol. The van der Waals surface area contributed by atoms with E-state index in [1.54, 1.807) is 40.6 Å². The highest BCUT2D eigenvalue weighted by Crippen LogP contribution is 2.48. The monoisotopic (exact) mass is 314 g/mol. The van der Waals surface area contributed by atoms with Crippen LogP contribution in [0.4, 0.5) is 0 Å². The molecule has 0 amide bonds. The quantitative estimate of drug-likeness (QED) is 0.744. The molecule has 0 saturated heterocycles. The zero-order chi connectivity index (χ0) is 16.6. The maximum absolute atomic E-state index is 10.4. The average Bonchev–Trinajstić information content (AvgIpc) is 2.59. The number of rotatable bonds is 4. The molecule has 5 nitrogen and oxygen atoms in total. The second-order valence-electron chi connectivity index (χ2n) is 5.05. The number of methoxy groups -OCH3 is 4. The van der Waals surface area contributed by atoms with Gasteiger partial charge < -0.3 is 24.1 Å². The van der Waals surface area contributed by atoms with Gasteiger partial charge in [-0.1, -0.05) is 0 Å². The molecule has 0 fully saturated rings. The van der Waals surface area contributed by atoms with Crippen LogP contribution in [0, 0.1) is 0 Å². The Kier molecular flexibility index (Phi) is 3.78.